The molecule has 6 heteroatoms. The third-order valence-electron chi connectivity index (χ3n) is 6.32. The Labute approximate surface area is 190 Å². The third kappa shape index (κ3) is 3.89. The number of benzene rings is 3. The molecule has 0 unspecified atom stereocenters. The lowest BCUT2D eigenvalue weighted by Gasteiger charge is -2.37. The van der Waals surface area contributed by atoms with E-state index in [-0.39, 0.29) is 35.0 Å². The first kappa shape index (κ1) is 20.9. The zero-order valence-electron chi connectivity index (χ0n) is 18.0. The quantitative estimate of drug-likeness (QED) is 0.320. The lowest BCUT2D eigenvalue weighted by molar-refractivity contribution is 0.0593. The minimum absolute atomic E-state index is 0.0443. The van der Waals surface area contributed by atoms with Crippen LogP contribution in [0.15, 0.2) is 78.9 Å². The van der Waals surface area contributed by atoms with Crippen LogP contribution in [0, 0.1) is 11.7 Å². The number of nitrogens with one attached hydrogen (secondary N) is 1. The molecule has 0 radical (unpaired) electrons. The van der Waals surface area contributed by atoms with Crippen LogP contribution in [-0.2, 0) is 4.74 Å². The van der Waals surface area contributed by atoms with Gasteiger partial charge in [0.25, 0.3) is 0 Å². The fraction of sp³-hybridized carbons (Fsp3) is 0.185. The summed E-state index contributed by atoms with van der Waals surface area (Å²) in [5.41, 5.74) is 3.57. The lowest BCUT2D eigenvalue weighted by Crippen LogP contribution is -2.29. The fourth-order valence-electron chi connectivity index (χ4n) is 4.71. The van der Waals surface area contributed by atoms with Gasteiger partial charge in [0.2, 0.25) is 0 Å². The van der Waals surface area contributed by atoms with Crippen LogP contribution in [0.25, 0.3) is 0 Å². The summed E-state index contributed by atoms with van der Waals surface area (Å²) in [4.78, 5) is 24.9. The van der Waals surface area contributed by atoms with E-state index >= 15 is 0 Å². The number of halogens is 1. The number of hydrogen-bond acceptors (Lipinski definition) is 5. The van der Waals surface area contributed by atoms with Crippen molar-refractivity contribution in [2.75, 3.05) is 12.4 Å². The number of methoxy groups -OCH3 is 1. The van der Waals surface area contributed by atoms with Crippen molar-refractivity contribution in [3.8, 4) is 5.75 Å². The molecule has 1 heterocycles. The van der Waals surface area contributed by atoms with Crippen molar-refractivity contribution < 1.29 is 23.5 Å². The van der Waals surface area contributed by atoms with Gasteiger partial charge in [0, 0.05) is 11.6 Å². The van der Waals surface area contributed by atoms with E-state index in [4.69, 9.17) is 9.47 Å². The zero-order valence-corrected chi connectivity index (χ0v) is 18.0. The molecule has 3 aromatic carbocycles. The van der Waals surface area contributed by atoms with Crippen LogP contribution in [-0.4, -0.2) is 19.0 Å². The van der Waals surface area contributed by atoms with Gasteiger partial charge in [-0.15, -0.1) is 0 Å². The average molecular weight is 443 g/mol. The minimum Gasteiger partial charge on any atom is -0.465 e. The number of allylic oxidation sites excluding steroid dienone is 2. The predicted molar refractivity (Wildman–Crippen MR) is 122 cm³/mol. The molecule has 0 bridgehead atoms. The first-order valence-corrected chi connectivity index (χ1v) is 10.8. The molecule has 0 saturated carbocycles. The molecule has 33 heavy (non-hydrogen) atoms. The van der Waals surface area contributed by atoms with E-state index in [2.05, 4.69) is 17.5 Å². The second-order valence-corrected chi connectivity index (χ2v) is 8.21. The molecular formula is C27H22FNO4. The van der Waals surface area contributed by atoms with E-state index < -0.39 is 11.9 Å². The molecule has 3 aromatic rings. The first-order chi connectivity index (χ1) is 16.0. The Balaban J connectivity index is 1.43. The molecule has 166 valence electrons. The number of ether oxygens (including phenoxy) is 2. The maximum Gasteiger partial charge on any atom is 0.343 e. The molecule has 5 rings (SSSR count). The second kappa shape index (κ2) is 8.54. The molecule has 0 amide bonds. The highest BCUT2D eigenvalue weighted by Crippen LogP contribution is 2.50. The van der Waals surface area contributed by atoms with Crippen LogP contribution < -0.4 is 10.1 Å². The molecule has 0 spiro atoms. The molecule has 1 aliphatic heterocycles. The Bertz CT molecular complexity index is 1250. The topological polar surface area (TPSA) is 64.6 Å². The summed E-state index contributed by atoms with van der Waals surface area (Å²) >= 11 is 0. The van der Waals surface area contributed by atoms with Gasteiger partial charge in [-0.1, -0.05) is 36.4 Å². The first-order valence-electron chi connectivity index (χ1n) is 10.8. The maximum atomic E-state index is 13.4. The number of rotatable bonds is 4. The Kier molecular flexibility index (Phi) is 5.42. The van der Waals surface area contributed by atoms with Gasteiger partial charge in [0.15, 0.2) is 0 Å². The van der Waals surface area contributed by atoms with Gasteiger partial charge in [-0.25, -0.2) is 14.0 Å². The highest BCUT2D eigenvalue weighted by atomic mass is 19.1. The summed E-state index contributed by atoms with van der Waals surface area (Å²) < 4.78 is 23.7. The summed E-state index contributed by atoms with van der Waals surface area (Å²) in [5, 5.41) is 3.58. The molecule has 0 fully saturated rings. The van der Waals surface area contributed by atoms with E-state index in [1.54, 1.807) is 30.3 Å². The standard InChI is InChI=1S/C27H22FNO4/c1-32-27(31)21-5-2-3-8-24(21)33-26(30)17-11-14-23-22(15-17)19-6-4-7-20(19)25(29-23)16-9-12-18(28)13-10-16/h2-6,8-15,19-20,25,29H,7H2,1H3/t19-,20-,25-/m1/s1. The van der Waals surface area contributed by atoms with Crippen LogP contribution in [0.4, 0.5) is 10.1 Å². The molecule has 5 nitrogen and oxygen atoms in total. The number of carbonyl (C=O) groups is 2. The highest BCUT2D eigenvalue weighted by Gasteiger charge is 2.38. The van der Waals surface area contributed by atoms with Gasteiger partial charge in [0.05, 0.1) is 18.7 Å². The number of para-hydroxylation sites is 1. The SMILES string of the molecule is COC(=O)c1ccccc1OC(=O)c1ccc2c(c1)[C@@H]1C=CC[C@H]1[C@@H](c1ccc(F)cc1)N2. The highest BCUT2D eigenvalue weighted by molar-refractivity contribution is 5.96. The Morgan fingerprint density at radius 1 is 1.00 bits per heavy atom. The average Bonchev–Trinajstić information content (AvgIpc) is 3.34. The Hall–Kier alpha value is -3.93. The second-order valence-electron chi connectivity index (χ2n) is 8.21. The lowest BCUT2D eigenvalue weighted by atomic mass is 9.76. The van der Waals surface area contributed by atoms with Crippen LogP contribution in [0.2, 0.25) is 0 Å². The van der Waals surface area contributed by atoms with E-state index in [0.717, 1.165) is 23.2 Å². The summed E-state index contributed by atoms with van der Waals surface area (Å²) in [6.07, 6.45) is 5.21. The third-order valence-corrected chi connectivity index (χ3v) is 6.32. The largest absolute Gasteiger partial charge is 0.465 e. The van der Waals surface area contributed by atoms with Crippen LogP contribution in [0.5, 0.6) is 5.75 Å². The monoisotopic (exact) mass is 443 g/mol. The van der Waals surface area contributed by atoms with Crippen molar-refractivity contribution in [2.24, 2.45) is 5.92 Å². The summed E-state index contributed by atoms with van der Waals surface area (Å²) in [5.74, 6) is -0.832. The van der Waals surface area contributed by atoms with Crippen LogP contribution >= 0.6 is 0 Å². The van der Waals surface area contributed by atoms with Crippen LogP contribution in [0.1, 0.15) is 50.2 Å². The zero-order chi connectivity index (χ0) is 22.9. The van der Waals surface area contributed by atoms with Crippen molar-refractivity contribution in [3.63, 3.8) is 0 Å². The fourth-order valence-corrected chi connectivity index (χ4v) is 4.71. The van der Waals surface area contributed by atoms with E-state index in [9.17, 15) is 14.0 Å². The molecule has 0 aromatic heterocycles. The summed E-state index contributed by atoms with van der Waals surface area (Å²) in [6, 6.07) is 18.5. The smallest absolute Gasteiger partial charge is 0.343 e. The van der Waals surface area contributed by atoms with Crippen LogP contribution in [0.3, 0.4) is 0 Å². The number of carbonyl (C=O) groups excluding carboxylic acids is 2. The molecule has 1 N–H and O–H groups in total. The van der Waals surface area contributed by atoms with E-state index in [0.29, 0.717) is 5.56 Å². The van der Waals surface area contributed by atoms with Crippen molar-refractivity contribution >= 4 is 17.6 Å². The van der Waals surface area contributed by atoms with Gasteiger partial charge in [0.1, 0.15) is 17.1 Å². The van der Waals surface area contributed by atoms with Gasteiger partial charge in [-0.05, 0) is 65.9 Å². The molecular weight excluding hydrogens is 421 g/mol. The molecule has 1 aliphatic carbocycles. The molecule has 0 saturated heterocycles. The molecule has 2 aliphatic rings. The Morgan fingerprint density at radius 2 is 1.79 bits per heavy atom. The van der Waals surface area contributed by atoms with Gasteiger partial charge in [-0.2, -0.15) is 0 Å². The number of anilines is 1. The van der Waals surface area contributed by atoms with Gasteiger partial charge in [-0.3, -0.25) is 0 Å². The van der Waals surface area contributed by atoms with E-state index in [1.165, 1.54) is 19.2 Å². The summed E-state index contributed by atoms with van der Waals surface area (Å²) in [6.45, 7) is 0. The normalized spacial score (nSPS) is 20.4. The maximum absolute atomic E-state index is 13.4. The number of fused-ring (bicyclic) bond motifs is 3. The van der Waals surface area contributed by atoms with Crippen molar-refractivity contribution in [2.45, 2.75) is 18.4 Å². The number of hydrogen-bond donors (Lipinski definition) is 1. The van der Waals surface area contributed by atoms with E-state index in [1.807, 2.05) is 24.3 Å². The Morgan fingerprint density at radius 3 is 2.58 bits per heavy atom. The number of esters is 2. The minimum atomic E-state index is -0.571. The van der Waals surface area contributed by atoms with Gasteiger partial charge < -0.3 is 14.8 Å². The molecule has 3 atom stereocenters. The predicted octanol–water partition coefficient (Wildman–Crippen LogP) is 5.66. The summed E-state index contributed by atoms with van der Waals surface area (Å²) in [7, 11) is 1.28. The van der Waals surface area contributed by atoms with Crippen molar-refractivity contribution in [3.05, 3.63) is 107 Å². The van der Waals surface area contributed by atoms with Gasteiger partial charge >= 0.3 is 11.9 Å². The van der Waals surface area contributed by atoms with Crippen molar-refractivity contribution in [1.29, 1.82) is 0 Å². The van der Waals surface area contributed by atoms with Crippen molar-refractivity contribution in [1.82, 2.24) is 0 Å².